The van der Waals surface area contributed by atoms with Crippen molar-refractivity contribution in [2.75, 3.05) is 19.0 Å². The van der Waals surface area contributed by atoms with Crippen molar-refractivity contribution >= 4 is 15.9 Å². The van der Waals surface area contributed by atoms with Crippen molar-refractivity contribution in [2.24, 2.45) is 0 Å². The summed E-state index contributed by atoms with van der Waals surface area (Å²) in [5.74, 6) is 0.882. The molecule has 3 nitrogen and oxygen atoms in total. The van der Waals surface area contributed by atoms with Crippen LogP contribution in [0.15, 0.2) is 24.3 Å². The fraction of sp³-hybridized carbons (Fsp3) is 0.600. The maximum absolute atomic E-state index is 6.23. The molecular weight excluding hydrogens is 308 g/mol. The Morgan fingerprint density at radius 1 is 1.42 bits per heavy atom. The van der Waals surface area contributed by atoms with E-state index in [0.29, 0.717) is 0 Å². The number of ether oxygens (including phenoxy) is 3. The molecule has 3 atom stereocenters. The van der Waals surface area contributed by atoms with Crippen molar-refractivity contribution in [3.63, 3.8) is 0 Å². The molecule has 0 saturated carbocycles. The molecule has 0 spiro atoms. The van der Waals surface area contributed by atoms with Crippen LogP contribution >= 0.6 is 15.9 Å². The highest BCUT2D eigenvalue weighted by Crippen LogP contribution is 2.31. The monoisotopic (exact) mass is 328 g/mol. The Morgan fingerprint density at radius 3 is 2.89 bits per heavy atom. The molecule has 2 rings (SSSR count). The van der Waals surface area contributed by atoms with Gasteiger partial charge in [0.15, 0.2) is 0 Å². The molecule has 1 fully saturated rings. The van der Waals surface area contributed by atoms with Gasteiger partial charge in [0.05, 0.1) is 25.4 Å². The van der Waals surface area contributed by atoms with Gasteiger partial charge in [-0.2, -0.15) is 0 Å². The summed E-state index contributed by atoms with van der Waals surface area (Å²) in [5, 5.41) is 0.763. The van der Waals surface area contributed by atoms with E-state index < -0.39 is 0 Å². The smallest absolute Gasteiger partial charge is 0.124 e. The average molecular weight is 329 g/mol. The van der Waals surface area contributed by atoms with Gasteiger partial charge in [-0.3, -0.25) is 0 Å². The van der Waals surface area contributed by atoms with Gasteiger partial charge >= 0.3 is 0 Å². The Labute approximate surface area is 123 Å². The molecule has 1 saturated heterocycles. The maximum Gasteiger partial charge on any atom is 0.124 e. The topological polar surface area (TPSA) is 27.7 Å². The van der Waals surface area contributed by atoms with Crippen LogP contribution in [0.1, 0.15) is 31.4 Å². The van der Waals surface area contributed by atoms with Crippen LogP contribution in [0.3, 0.4) is 0 Å². The standard InChI is InChI=1S/C15H21BrO3/c1-11-9-12(7-8-18-11)19-15(10-16)13-5-3-4-6-14(13)17-2/h3-6,11-12,15H,7-10H2,1-2H3/t11-,12?,15?/m1/s1. The van der Waals surface area contributed by atoms with Crippen molar-refractivity contribution in [1.82, 2.24) is 0 Å². The van der Waals surface area contributed by atoms with Crippen molar-refractivity contribution < 1.29 is 14.2 Å². The fourth-order valence-electron chi connectivity index (χ4n) is 2.44. The second-order valence-electron chi connectivity index (χ2n) is 4.85. The number of rotatable bonds is 5. The molecule has 2 unspecified atom stereocenters. The van der Waals surface area contributed by atoms with E-state index >= 15 is 0 Å². The largest absolute Gasteiger partial charge is 0.496 e. The summed E-state index contributed by atoms with van der Waals surface area (Å²) in [6.07, 6.45) is 2.48. The minimum absolute atomic E-state index is 0.0199. The van der Waals surface area contributed by atoms with Gasteiger partial charge in [-0.25, -0.2) is 0 Å². The summed E-state index contributed by atoms with van der Waals surface area (Å²) < 4.78 is 17.2. The zero-order valence-corrected chi connectivity index (χ0v) is 13.1. The second-order valence-corrected chi connectivity index (χ2v) is 5.50. The summed E-state index contributed by atoms with van der Waals surface area (Å²) in [7, 11) is 1.70. The van der Waals surface area contributed by atoms with Crippen molar-refractivity contribution in [1.29, 1.82) is 0 Å². The maximum atomic E-state index is 6.23. The Balaban J connectivity index is 2.07. The van der Waals surface area contributed by atoms with Gasteiger partial charge in [0.2, 0.25) is 0 Å². The molecule has 4 heteroatoms. The third-order valence-corrected chi connectivity index (χ3v) is 4.01. The molecule has 0 radical (unpaired) electrons. The van der Waals surface area contributed by atoms with Crippen LogP contribution in [0, 0.1) is 0 Å². The van der Waals surface area contributed by atoms with E-state index in [0.717, 1.165) is 36.1 Å². The van der Waals surface area contributed by atoms with E-state index in [9.17, 15) is 0 Å². The summed E-state index contributed by atoms with van der Waals surface area (Å²) in [6, 6.07) is 8.03. The molecule has 1 aromatic rings. The highest BCUT2D eigenvalue weighted by molar-refractivity contribution is 9.09. The van der Waals surface area contributed by atoms with Crippen molar-refractivity contribution in [3.8, 4) is 5.75 Å². The van der Waals surface area contributed by atoms with Crippen LogP contribution in [-0.2, 0) is 9.47 Å². The highest BCUT2D eigenvalue weighted by atomic mass is 79.9. The lowest BCUT2D eigenvalue weighted by atomic mass is 10.1. The molecule has 0 aromatic heterocycles. The summed E-state index contributed by atoms with van der Waals surface area (Å²) >= 11 is 3.55. The minimum atomic E-state index is 0.0199. The van der Waals surface area contributed by atoms with Crippen LogP contribution in [0.2, 0.25) is 0 Å². The predicted molar refractivity (Wildman–Crippen MR) is 79.1 cm³/mol. The quantitative estimate of drug-likeness (QED) is 0.771. The van der Waals surface area contributed by atoms with Crippen molar-refractivity contribution in [3.05, 3.63) is 29.8 Å². The van der Waals surface area contributed by atoms with Gasteiger partial charge < -0.3 is 14.2 Å². The van der Waals surface area contributed by atoms with E-state index in [1.165, 1.54) is 0 Å². The molecule has 1 aromatic carbocycles. The zero-order chi connectivity index (χ0) is 13.7. The van der Waals surface area contributed by atoms with E-state index in [4.69, 9.17) is 14.2 Å². The molecule has 0 N–H and O–H groups in total. The number of halogens is 1. The van der Waals surface area contributed by atoms with E-state index in [2.05, 4.69) is 28.9 Å². The van der Waals surface area contributed by atoms with Crippen molar-refractivity contribution in [2.45, 2.75) is 38.1 Å². The minimum Gasteiger partial charge on any atom is -0.496 e. The third kappa shape index (κ3) is 3.94. The summed E-state index contributed by atoms with van der Waals surface area (Å²) in [4.78, 5) is 0. The van der Waals surface area contributed by atoms with Crippen LogP contribution in [0.5, 0.6) is 5.75 Å². The average Bonchev–Trinajstić information content (AvgIpc) is 2.45. The van der Waals surface area contributed by atoms with Crippen LogP contribution in [0.4, 0.5) is 0 Å². The van der Waals surface area contributed by atoms with Crippen LogP contribution in [-0.4, -0.2) is 31.3 Å². The van der Waals surface area contributed by atoms with Gasteiger partial charge in [0.1, 0.15) is 5.75 Å². The van der Waals surface area contributed by atoms with Gasteiger partial charge in [-0.1, -0.05) is 34.1 Å². The second kappa shape index (κ2) is 7.27. The number of benzene rings is 1. The predicted octanol–water partition coefficient (Wildman–Crippen LogP) is 3.72. The number of alkyl halides is 1. The van der Waals surface area contributed by atoms with Crippen LogP contribution < -0.4 is 4.74 Å². The third-order valence-electron chi connectivity index (χ3n) is 3.42. The number of para-hydroxylation sites is 1. The first kappa shape index (κ1) is 14.8. The highest BCUT2D eigenvalue weighted by Gasteiger charge is 2.25. The Bertz CT molecular complexity index is 397. The molecule has 1 aliphatic rings. The molecule has 1 aliphatic heterocycles. The molecule has 19 heavy (non-hydrogen) atoms. The fourth-order valence-corrected chi connectivity index (χ4v) is 2.94. The molecule has 1 heterocycles. The summed E-state index contributed by atoms with van der Waals surface area (Å²) in [6.45, 7) is 2.88. The Kier molecular flexibility index (Phi) is 5.67. The Morgan fingerprint density at radius 2 is 2.21 bits per heavy atom. The van der Waals surface area contributed by atoms with E-state index in [-0.39, 0.29) is 18.3 Å². The molecule has 0 aliphatic carbocycles. The lowest BCUT2D eigenvalue weighted by molar-refractivity contribution is -0.0883. The number of hydrogen-bond acceptors (Lipinski definition) is 3. The Hall–Kier alpha value is -0.580. The van der Waals surface area contributed by atoms with E-state index in [1.54, 1.807) is 7.11 Å². The molecule has 106 valence electrons. The number of methoxy groups -OCH3 is 1. The van der Waals surface area contributed by atoms with Gasteiger partial charge in [0.25, 0.3) is 0 Å². The zero-order valence-electron chi connectivity index (χ0n) is 11.5. The number of hydrogen-bond donors (Lipinski definition) is 0. The first-order valence-corrected chi connectivity index (χ1v) is 7.82. The lowest BCUT2D eigenvalue weighted by Crippen LogP contribution is -2.30. The van der Waals surface area contributed by atoms with Gasteiger partial charge in [0, 0.05) is 17.5 Å². The lowest BCUT2D eigenvalue weighted by Gasteiger charge is -2.30. The first-order chi connectivity index (χ1) is 9.24. The van der Waals surface area contributed by atoms with Crippen LogP contribution in [0.25, 0.3) is 0 Å². The SMILES string of the molecule is COc1ccccc1C(CBr)OC1CCO[C@H](C)C1. The first-order valence-electron chi connectivity index (χ1n) is 6.70. The molecular formula is C15H21BrO3. The molecule has 0 bridgehead atoms. The normalized spacial score (nSPS) is 25.0. The van der Waals surface area contributed by atoms with Gasteiger partial charge in [-0.15, -0.1) is 0 Å². The summed E-state index contributed by atoms with van der Waals surface area (Å²) in [5.41, 5.74) is 1.10. The van der Waals surface area contributed by atoms with E-state index in [1.807, 2.05) is 18.2 Å². The molecule has 0 amide bonds. The van der Waals surface area contributed by atoms with Gasteiger partial charge in [-0.05, 0) is 25.8 Å².